The lowest BCUT2D eigenvalue weighted by Crippen LogP contribution is -2.46. The molecule has 0 bridgehead atoms. The van der Waals surface area contributed by atoms with Gasteiger partial charge in [0, 0.05) is 44.1 Å². The molecule has 8 nitrogen and oxygen atoms in total. The number of benzene rings is 1. The molecule has 0 aliphatic carbocycles. The number of anilines is 1. The van der Waals surface area contributed by atoms with E-state index >= 15 is 0 Å². The Balaban J connectivity index is 1.46. The van der Waals surface area contributed by atoms with E-state index < -0.39 is 5.41 Å². The molecule has 174 valence electrons. The molecular formula is C25H32N6O2. The number of nitrogens with one attached hydrogen (secondary N) is 1. The molecular weight excluding hydrogens is 416 g/mol. The molecule has 1 aromatic carbocycles. The highest BCUT2D eigenvalue weighted by atomic mass is 16.2. The van der Waals surface area contributed by atoms with Crippen LogP contribution < -0.4 is 11.1 Å². The molecule has 33 heavy (non-hydrogen) atoms. The van der Waals surface area contributed by atoms with Gasteiger partial charge >= 0.3 is 6.03 Å². The Bertz CT molecular complexity index is 1030. The maximum absolute atomic E-state index is 13.0. The van der Waals surface area contributed by atoms with E-state index in [9.17, 15) is 9.59 Å². The number of aromatic nitrogens is 1. The zero-order valence-electron chi connectivity index (χ0n) is 19.4. The average Bonchev–Trinajstić information content (AvgIpc) is 3.25. The first-order valence-corrected chi connectivity index (χ1v) is 11.6. The third-order valence-corrected chi connectivity index (χ3v) is 6.41. The fourth-order valence-electron chi connectivity index (χ4n) is 4.59. The zero-order chi connectivity index (χ0) is 23.4. The molecule has 2 aromatic rings. The molecule has 0 saturated heterocycles. The first-order chi connectivity index (χ1) is 15.9. The summed E-state index contributed by atoms with van der Waals surface area (Å²) in [5.41, 5.74) is 9.99. The summed E-state index contributed by atoms with van der Waals surface area (Å²) >= 11 is 0. The lowest BCUT2D eigenvalue weighted by atomic mass is 9.77. The highest BCUT2D eigenvalue weighted by molar-refractivity contribution is 6.06. The van der Waals surface area contributed by atoms with Crippen LogP contribution in [0.4, 0.5) is 10.5 Å². The number of nitrogens with zero attached hydrogens (tertiary/aromatic N) is 4. The van der Waals surface area contributed by atoms with Gasteiger partial charge in [-0.3, -0.25) is 9.78 Å². The number of hydrogen-bond donors (Lipinski definition) is 2. The zero-order valence-corrected chi connectivity index (χ0v) is 19.4. The maximum Gasteiger partial charge on any atom is 0.322 e. The van der Waals surface area contributed by atoms with Gasteiger partial charge < -0.3 is 16.0 Å². The van der Waals surface area contributed by atoms with Crippen molar-refractivity contribution in [3.63, 3.8) is 0 Å². The summed E-state index contributed by atoms with van der Waals surface area (Å²) in [5, 5.41) is 9.24. The van der Waals surface area contributed by atoms with Crippen molar-refractivity contribution >= 4 is 23.3 Å². The van der Waals surface area contributed by atoms with E-state index in [0.717, 1.165) is 40.9 Å². The van der Waals surface area contributed by atoms with Gasteiger partial charge in [-0.25, -0.2) is 9.80 Å². The van der Waals surface area contributed by atoms with Gasteiger partial charge in [-0.05, 0) is 54.3 Å². The molecule has 0 saturated carbocycles. The van der Waals surface area contributed by atoms with Crippen molar-refractivity contribution in [1.82, 2.24) is 14.9 Å². The van der Waals surface area contributed by atoms with Crippen LogP contribution in [0.25, 0.3) is 0 Å². The van der Waals surface area contributed by atoms with Crippen LogP contribution in [0, 0.1) is 5.41 Å². The molecule has 0 spiro atoms. The highest BCUT2D eigenvalue weighted by Gasteiger charge is 2.41. The van der Waals surface area contributed by atoms with Gasteiger partial charge in [0.25, 0.3) is 0 Å². The SMILES string of the molecule is CCCC1(C)CC(c2ccc(NC(=O)N3Cc4ccncc4C3)cc2)=NN(CCCN)C1=O. The minimum Gasteiger partial charge on any atom is -0.330 e. The number of hydrazone groups is 1. The fraction of sp³-hybridized carbons (Fsp3) is 0.440. The number of amides is 3. The lowest BCUT2D eigenvalue weighted by Gasteiger charge is -2.37. The van der Waals surface area contributed by atoms with Crippen molar-refractivity contribution < 1.29 is 9.59 Å². The monoisotopic (exact) mass is 448 g/mol. The quantitative estimate of drug-likeness (QED) is 0.674. The molecule has 1 unspecified atom stereocenters. The molecule has 4 rings (SSSR count). The van der Waals surface area contributed by atoms with Crippen molar-refractivity contribution in [2.45, 2.75) is 52.6 Å². The number of pyridine rings is 1. The molecule has 0 radical (unpaired) electrons. The lowest BCUT2D eigenvalue weighted by molar-refractivity contribution is -0.142. The first-order valence-electron chi connectivity index (χ1n) is 11.6. The Morgan fingerprint density at radius 2 is 1.94 bits per heavy atom. The Morgan fingerprint density at radius 1 is 1.18 bits per heavy atom. The Kier molecular flexibility index (Phi) is 6.74. The van der Waals surface area contributed by atoms with Gasteiger partial charge in [0.1, 0.15) is 0 Å². The Hall–Kier alpha value is -3.26. The summed E-state index contributed by atoms with van der Waals surface area (Å²) in [7, 11) is 0. The van der Waals surface area contributed by atoms with E-state index in [2.05, 4.69) is 22.3 Å². The van der Waals surface area contributed by atoms with E-state index in [0.29, 0.717) is 39.0 Å². The summed E-state index contributed by atoms with van der Waals surface area (Å²) in [5.74, 6) is 0.0762. The standard InChI is InChI=1S/C25H32N6O2/c1-3-10-25(2)14-22(29-31(23(25)32)13-4-11-26)18-5-7-21(8-6-18)28-24(33)30-16-19-9-12-27-15-20(19)17-30/h5-9,12,15H,3-4,10-11,13-14,16-17,26H2,1-2H3,(H,28,33). The van der Waals surface area contributed by atoms with Crippen molar-refractivity contribution in [1.29, 1.82) is 0 Å². The van der Waals surface area contributed by atoms with Gasteiger partial charge in [0.2, 0.25) is 5.91 Å². The number of rotatable bonds is 7. The van der Waals surface area contributed by atoms with Crippen LogP contribution in [-0.4, -0.2) is 45.6 Å². The van der Waals surface area contributed by atoms with Crippen molar-refractivity contribution in [2.75, 3.05) is 18.4 Å². The van der Waals surface area contributed by atoms with Crippen molar-refractivity contribution in [3.05, 3.63) is 59.4 Å². The molecule has 1 atom stereocenters. The first kappa shape index (κ1) is 22.9. The number of hydrogen-bond acceptors (Lipinski definition) is 5. The molecule has 1 aromatic heterocycles. The van der Waals surface area contributed by atoms with E-state index in [-0.39, 0.29) is 11.9 Å². The smallest absolute Gasteiger partial charge is 0.322 e. The minimum atomic E-state index is -0.465. The topological polar surface area (TPSA) is 104 Å². The second kappa shape index (κ2) is 9.70. The predicted octanol–water partition coefficient (Wildman–Crippen LogP) is 3.72. The van der Waals surface area contributed by atoms with Crippen LogP contribution in [0.15, 0.2) is 47.8 Å². The minimum absolute atomic E-state index is 0.0762. The van der Waals surface area contributed by atoms with Crippen LogP contribution >= 0.6 is 0 Å². The van der Waals surface area contributed by atoms with Crippen molar-refractivity contribution in [3.8, 4) is 0 Å². The van der Waals surface area contributed by atoms with Gasteiger partial charge in [0.15, 0.2) is 0 Å². The molecule has 3 amide bonds. The number of nitrogens with two attached hydrogens (primary N) is 1. The number of urea groups is 1. The number of fused-ring (bicyclic) bond motifs is 1. The third-order valence-electron chi connectivity index (χ3n) is 6.41. The summed E-state index contributed by atoms with van der Waals surface area (Å²) < 4.78 is 0. The molecule has 3 N–H and O–H groups in total. The highest BCUT2D eigenvalue weighted by Crippen LogP contribution is 2.36. The maximum atomic E-state index is 13.0. The van der Waals surface area contributed by atoms with Crippen LogP contribution in [0.3, 0.4) is 0 Å². The van der Waals surface area contributed by atoms with Crippen molar-refractivity contribution in [2.24, 2.45) is 16.3 Å². The van der Waals surface area contributed by atoms with E-state index in [1.165, 1.54) is 0 Å². The summed E-state index contributed by atoms with van der Waals surface area (Å²) in [6.45, 7) is 6.32. The van der Waals surface area contributed by atoms with E-state index in [4.69, 9.17) is 5.73 Å². The largest absolute Gasteiger partial charge is 0.330 e. The average molecular weight is 449 g/mol. The van der Waals surface area contributed by atoms with Crippen LogP contribution in [0.5, 0.6) is 0 Å². The summed E-state index contributed by atoms with van der Waals surface area (Å²) in [6.07, 6.45) is 6.63. The molecule has 8 heteroatoms. The second-order valence-corrected chi connectivity index (χ2v) is 9.11. The number of carbonyl (C=O) groups is 2. The van der Waals surface area contributed by atoms with Gasteiger partial charge in [0.05, 0.1) is 11.1 Å². The van der Waals surface area contributed by atoms with Crippen LogP contribution in [0.2, 0.25) is 0 Å². The van der Waals surface area contributed by atoms with Gasteiger partial charge in [-0.1, -0.05) is 32.4 Å². The van der Waals surface area contributed by atoms with E-state index in [1.807, 2.05) is 43.5 Å². The Labute approximate surface area is 194 Å². The summed E-state index contributed by atoms with van der Waals surface area (Å²) in [4.78, 5) is 31.7. The van der Waals surface area contributed by atoms with Gasteiger partial charge in [-0.15, -0.1) is 0 Å². The second-order valence-electron chi connectivity index (χ2n) is 9.11. The molecule has 2 aliphatic rings. The fourth-order valence-corrected chi connectivity index (χ4v) is 4.59. The summed E-state index contributed by atoms with van der Waals surface area (Å²) in [6, 6.07) is 9.51. The number of carbonyl (C=O) groups excluding carboxylic acids is 2. The van der Waals surface area contributed by atoms with Crippen LogP contribution in [-0.2, 0) is 17.9 Å². The van der Waals surface area contributed by atoms with Crippen LogP contribution in [0.1, 0.15) is 56.2 Å². The molecule has 3 heterocycles. The predicted molar refractivity (Wildman–Crippen MR) is 128 cm³/mol. The molecule has 0 fully saturated rings. The molecule has 2 aliphatic heterocycles. The Morgan fingerprint density at radius 3 is 2.64 bits per heavy atom. The third kappa shape index (κ3) is 4.90. The van der Waals surface area contributed by atoms with E-state index in [1.54, 1.807) is 16.1 Å². The normalized spacial score (nSPS) is 20.0. The van der Waals surface area contributed by atoms with Gasteiger partial charge in [-0.2, -0.15) is 5.10 Å².